The van der Waals surface area contributed by atoms with E-state index in [4.69, 9.17) is 10.5 Å². The summed E-state index contributed by atoms with van der Waals surface area (Å²) in [5.41, 5.74) is 5.51. The highest BCUT2D eigenvalue weighted by atomic mass is 16.5. The third-order valence-corrected chi connectivity index (χ3v) is 1.46. The summed E-state index contributed by atoms with van der Waals surface area (Å²) in [6.07, 6.45) is 4.78. The molecular weight excluding hydrogens is 102 g/mol. The van der Waals surface area contributed by atoms with E-state index in [1.54, 1.807) is 0 Å². The van der Waals surface area contributed by atoms with Crippen LogP contribution in [-0.2, 0) is 4.74 Å². The topological polar surface area (TPSA) is 35.2 Å². The van der Waals surface area contributed by atoms with E-state index in [0.29, 0.717) is 0 Å². The molecule has 0 aromatic carbocycles. The van der Waals surface area contributed by atoms with E-state index < -0.39 is 0 Å². The van der Waals surface area contributed by atoms with Crippen LogP contribution in [0.5, 0.6) is 0 Å². The van der Waals surface area contributed by atoms with Crippen LogP contribution >= 0.6 is 0 Å². The molecule has 1 rings (SSSR count). The molecule has 1 saturated heterocycles. The van der Waals surface area contributed by atoms with Gasteiger partial charge < -0.3 is 10.5 Å². The molecule has 1 fully saturated rings. The van der Waals surface area contributed by atoms with Crippen LogP contribution in [0.4, 0.5) is 0 Å². The van der Waals surface area contributed by atoms with Gasteiger partial charge in [-0.2, -0.15) is 0 Å². The number of rotatable bonds is 0. The van der Waals surface area contributed by atoms with Crippen molar-refractivity contribution in [2.45, 2.75) is 31.9 Å². The predicted molar refractivity (Wildman–Crippen MR) is 32.4 cm³/mol. The summed E-state index contributed by atoms with van der Waals surface area (Å²) < 4.78 is 5.18. The minimum absolute atomic E-state index is 0.0255. The van der Waals surface area contributed by atoms with Crippen LogP contribution in [0.25, 0.3) is 0 Å². The second kappa shape index (κ2) is 3.05. The molecular formula is C6H13NO. The molecule has 1 aliphatic rings. The van der Waals surface area contributed by atoms with Crippen molar-refractivity contribution < 1.29 is 4.74 Å². The van der Waals surface area contributed by atoms with Crippen molar-refractivity contribution in [3.8, 4) is 0 Å². The van der Waals surface area contributed by atoms with Crippen LogP contribution in [0, 0.1) is 0 Å². The number of hydrogen-bond donors (Lipinski definition) is 1. The quantitative estimate of drug-likeness (QED) is 0.508. The molecule has 1 heterocycles. The molecule has 0 aliphatic carbocycles. The fourth-order valence-corrected chi connectivity index (χ4v) is 0.942. The van der Waals surface area contributed by atoms with Gasteiger partial charge in [-0.05, 0) is 19.3 Å². The smallest absolute Gasteiger partial charge is 0.105 e. The van der Waals surface area contributed by atoms with Gasteiger partial charge in [0.25, 0.3) is 0 Å². The fourth-order valence-electron chi connectivity index (χ4n) is 0.942. The van der Waals surface area contributed by atoms with Crippen LogP contribution in [-0.4, -0.2) is 12.8 Å². The largest absolute Gasteiger partial charge is 0.364 e. The van der Waals surface area contributed by atoms with E-state index in [9.17, 15) is 0 Å². The molecule has 48 valence electrons. The Morgan fingerprint density at radius 1 is 1.25 bits per heavy atom. The van der Waals surface area contributed by atoms with E-state index in [1.165, 1.54) is 19.3 Å². The third kappa shape index (κ3) is 1.80. The number of hydrogen-bond acceptors (Lipinski definition) is 2. The maximum Gasteiger partial charge on any atom is 0.105 e. The van der Waals surface area contributed by atoms with Crippen LogP contribution < -0.4 is 5.73 Å². The average molecular weight is 115 g/mol. The second-order valence-corrected chi connectivity index (χ2v) is 2.26. The lowest BCUT2D eigenvalue weighted by Gasteiger charge is -2.05. The monoisotopic (exact) mass is 115 g/mol. The Bertz CT molecular complexity index is 57.5. The summed E-state index contributed by atoms with van der Waals surface area (Å²) in [6, 6.07) is 0. The Labute approximate surface area is 50.0 Å². The van der Waals surface area contributed by atoms with Gasteiger partial charge in [-0.1, -0.05) is 6.42 Å². The average Bonchev–Trinajstić information content (AvgIpc) is 1.94. The van der Waals surface area contributed by atoms with Crippen molar-refractivity contribution in [2.75, 3.05) is 6.61 Å². The van der Waals surface area contributed by atoms with E-state index in [1.807, 2.05) is 0 Å². The molecule has 0 saturated carbocycles. The molecule has 1 unspecified atom stereocenters. The standard InChI is InChI=1S/C6H13NO/c7-6-4-2-1-3-5-8-6/h6H,1-5,7H2. The minimum atomic E-state index is 0.0255. The molecule has 2 N–H and O–H groups in total. The summed E-state index contributed by atoms with van der Waals surface area (Å²) in [5.74, 6) is 0. The highest BCUT2D eigenvalue weighted by Crippen LogP contribution is 2.08. The van der Waals surface area contributed by atoms with Crippen molar-refractivity contribution >= 4 is 0 Å². The van der Waals surface area contributed by atoms with E-state index >= 15 is 0 Å². The van der Waals surface area contributed by atoms with Gasteiger partial charge in [0.2, 0.25) is 0 Å². The first-order chi connectivity index (χ1) is 3.89. The first kappa shape index (κ1) is 6.05. The lowest BCUT2D eigenvalue weighted by Crippen LogP contribution is -2.22. The summed E-state index contributed by atoms with van der Waals surface area (Å²) >= 11 is 0. The summed E-state index contributed by atoms with van der Waals surface area (Å²) in [7, 11) is 0. The molecule has 0 spiro atoms. The van der Waals surface area contributed by atoms with Gasteiger partial charge >= 0.3 is 0 Å². The molecule has 2 nitrogen and oxygen atoms in total. The molecule has 0 bridgehead atoms. The summed E-state index contributed by atoms with van der Waals surface area (Å²) in [6.45, 7) is 0.862. The SMILES string of the molecule is NC1CCCCCO1. The van der Waals surface area contributed by atoms with Gasteiger partial charge in [0.05, 0.1) is 0 Å². The Kier molecular flexibility index (Phi) is 2.30. The van der Waals surface area contributed by atoms with Gasteiger partial charge in [-0.25, -0.2) is 0 Å². The maximum atomic E-state index is 5.51. The molecule has 0 aromatic heterocycles. The second-order valence-electron chi connectivity index (χ2n) is 2.26. The van der Waals surface area contributed by atoms with Gasteiger partial charge in [0, 0.05) is 6.61 Å². The highest BCUT2D eigenvalue weighted by Gasteiger charge is 2.05. The Balaban J connectivity index is 2.17. The predicted octanol–water partition coefficient (Wildman–Crippen LogP) is 0.862. The lowest BCUT2D eigenvalue weighted by molar-refractivity contribution is 0.0636. The first-order valence-electron chi connectivity index (χ1n) is 3.27. The fraction of sp³-hybridized carbons (Fsp3) is 1.00. The van der Waals surface area contributed by atoms with Crippen molar-refractivity contribution in [3.05, 3.63) is 0 Å². The molecule has 2 heteroatoms. The Morgan fingerprint density at radius 2 is 2.12 bits per heavy atom. The molecule has 0 aromatic rings. The lowest BCUT2D eigenvalue weighted by atomic mass is 10.2. The number of ether oxygens (including phenoxy) is 1. The molecule has 1 aliphatic heterocycles. The highest BCUT2D eigenvalue weighted by molar-refractivity contribution is 4.54. The van der Waals surface area contributed by atoms with Gasteiger partial charge in [0.1, 0.15) is 6.23 Å². The third-order valence-electron chi connectivity index (χ3n) is 1.46. The minimum Gasteiger partial charge on any atom is -0.364 e. The molecule has 8 heavy (non-hydrogen) atoms. The van der Waals surface area contributed by atoms with Crippen molar-refractivity contribution in [3.63, 3.8) is 0 Å². The van der Waals surface area contributed by atoms with Crippen molar-refractivity contribution in [2.24, 2.45) is 5.73 Å². The number of nitrogens with two attached hydrogens (primary N) is 1. The van der Waals surface area contributed by atoms with Crippen LogP contribution in [0.15, 0.2) is 0 Å². The Morgan fingerprint density at radius 3 is 3.00 bits per heavy atom. The maximum absolute atomic E-state index is 5.51. The van der Waals surface area contributed by atoms with Crippen molar-refractivity contribution in [1.29, 1.82) is 0 Å². The zero-order valence-corrected chi connectivity index (χ0v) is 5.10. The summed E-state index contributed by atoms with van der Waals surface area (Å²) in [4.78, 5) is 0. The molecule has 1 atom stereocenters. The van der Waals surface area contributed by atoms with Crippen LogP contribution in [0.1, 0.15) is 25.7 Å². The zero-order chi connectivity index (χ0) is 5.82. The van der Waals surface area contributed by atoms with Crippen molar-refractivity contribution in [1.82, 2.24) is 0 Å². The zero-order valence-electron chi connectivity index (χ0n) is 5.10. The first-order valence-corrected chi connectivity index (χ1v) is 3.27. The van der Waals surface area contributed by atoms with E-state index in [-0.39, 0.29) is 6.23 Å². The molecule has 0 radical (unpaired) electrons. The van der Waals surface area contributed by atoms with Gasteiger partial charge in [-0.15, -0.1) is 0 Å². The van der Waals surface area contributed by atoms with Crippen LogP contribution in [0.2, 0.25) is 0 Å². The molecule has 0 amide bonds. The van der Waals surface area contributed by atoms with Crippen LogP contribution in [0.3, 0.4) is 0 Å². The summed E-state index contributed by atoms with van der Waals surface area (Å²) in [5, 5.41) is 0. The normalized spacial score (nSPS) is 31.9. The van der Waals surface area contributed by atoms with Gasteiger partial charge in [-0.3, -0.25) is 0 Å². The Hall–Kier alpha value is -0.0800. The van der Waals surface area contributed by atoms with E-state index in [0.717, 1.165) is 13.0 Å². The van der Waals surface area contributed by atoms with E-state index in [2.05, 4.69) is 0 Å². The van der Waals surface area contributed by atoms with Gasteiger partial charge in [0.15, 0.2) is 0 Å².